The number of halogens is 4. The Morgan fingerprint density at radius 1 is 1.25 bits per heavy atom. The van der Waals surface area contributed by atoms with E-state index in [0.29, 0.717) is 5.69 Å². The molecule has 114 valence electrons. The minimum atomic E-state index is -4.69. The second-order valence-electron chi connectivity index (χ2n) is 3.65. The van der Waals surface area contributed by atoms with Crippen molar-refractivity contribution in [3.63, 3.8) is 0 Å². The molecule has 0 atom stereocenters. The highest BCUT2D eigenvalue weighted by Gasteiger charge is 2.30. The second-order valence-corrected chi connectivity index (χ2v) is 4.44. The fraction of sp³-hybridized carbons (Fsp3) is 0.300. The van der Waals surface area contributed by atoms with E-state index in [1.807, 2.05) is 0 Å². The molecule has 6 nitrogen and oxygen atoms in total. The van der Waals surface area contributed by atoms with Crippen LogP contribution in [0.5, 0.6) is 0 Å². The van der Waals surface area contributed by atoms with E-state index in [0.717, 1.165) is 12.1 Å². The molecule has 0 saturated carbocycles. The summed E-state index contributed by atoms with van der Waals surface area (Å²) in [4.78, 5) is 5.53. The van der Waals surface area contributed by atoms with E-state index in [1.165, 1.54) is 18.5 Å². The number of aliphatic imine (C=N–C) groups is 1. The van der Waals surface area contributed by atoms with Crippen LogP contribution < -0.4 is 14.0 Å². The van der Waals surface area contributed by atoms with E-state index in [1.54, 1.807) is 19.0 Å². The number of benzene rings is 1. The first-order valence-electron chi connectivity index (χ1n) is 4.90. The lowest BCUT2D eigenvalue weighted by Crippen LogP contribution is -2.58. The fourth-order valence-electron chi connectivity index (χ4n) is 0.945. The van der Waals surface area contributed by atoms with Crippen LogP contribution in [0.3, 0.4) is 0 Å². The molecular weight excluding hydrogens is 305 g/mol. The number of hydrogen-bond donors (Lipinski definition) is 1. The largest absolute Gasteiger partial charge is 0.416 e. The molecular formula is C10H12ClF3N2O4. The van der Waals surface area contributed by atoms with Gasteiger partial charge in [-0.05, 0) is 18.2 Å². The van der Waals surface area contributed by atoms with Crippen LogP contribution in [-0.2, 0) is 6.18 Å². The molecule has 1 N–H and O–H groups in total. The highest BCUT2D eigenvalue weighted by molar-refractivity contribution is 5.61. The third-order valence-electron chi connectivity index (χ3n) is 1.61. The van der Waals surface area contributed by atoms with Gasteiger partial charge in [0.15, 0.2) is 0 Å². The van der Waals surface area contributed by atoms with Gasteiger partial charge in [0, 0.05) is 14.1 Å². The van der Waals surface area contributed by atoms with E-state index in [9.17, 15) is 13.2 Å². The van der Waals surface area contributed by atoms with Crippen molar-refractivity contribution in [3.8, 4) is 0 Å². The van der Waals surface area contributed by atoms with Gasteiger partial charge in [0.25, 0.3) is 0 Å². The van der Waals surface area contributed by atoms with Crippen LogP contribution in [0.1, 0.15) is 5.56 Å². The summed E-state index contributed by atoms with van der Waals surface area (Å²) in [5.41, 5.74) is -0.394. The molecule has 1 aromatic rings. The van der Waals surface area contributed by atoms with Gasteiger partial charge in [0.1, 0.15) is 0 Å². The van der Waals surface area contributed by atoms with Gasteiger partial charge in [0.2, 0.25) is 0 Å². The average molecular weight is 317 g/mol. The summed E-state index contributed by atoms with van der Waals surface area (Å²) in [6.45, 7) is 0. The summed E-state index contributed by atoms with van der Waals surface area (Å²) < 4.78 is 69.6. The average Bonchev–Trinajstić information content (AvgIpc) is 2.23. The molecule has 0 spiro atoms. The van der Waals surface area contributed by atoms with Gasteiger partial charge < -0.3 is 4.90 Å². The molecule has 0 aliphatic heterocycles. The van der Waals surface area contributed by atoms with Crippen LogP contribution in [-0.4, -0.2) is 30.0 Å². The van der Waals surface area contributed by atoms with Crippen LogP contribution in [0.15, 0.2) is 29.3 Å². The molecule has 0 amide bonds. The van der Waals surface area contributed by atoms with Crippen molar-refractivity contribution in [2.24, 2.45) is 4.99 Å². The lowest BCUT2D eigenvalue weighted by Gasteiger charge is -2.07. The number of alkyl halides is 3. The number of nitrogens with zero attached hydrogens (tertiary/aromatic N) is 2. The zero-order chi connectivity index (χ0) is 16.0. The maximum atomic E-state index is 12.3. The fourth-order valence-corrected chi connectivity index (χ4v) is 0.945. The predicted octanol–water partition coefficient (Wildman–Crippen LogP) is -1.20. The zero-order valence-electron chi connectivity index (χ0n) is 10.5. The summed E-state index contributed by atoms with van der Waals surface area (Å²) in [5, 5.41) is 0. The Hall–Kier alpha value is -1.39. The van der Waals surface area contributed by atoms with Crippen LogP contribution >= 0.6 is 0 Å². The van der Waals surface area contributed by atoms with E-state index in [2.05, 4.69) is 4.99 Å². The van der Waals surface area contributed by atoms with Crippen molar-refractivity contribution in [2.45, 2.75) is 6.18 Å². The maximum Gasteiger partial charge on any atom is 0.416 e. The normalized spacial score (nSPS) is 12.1. The smallest absolute Gasteiger partial charge is 0.369 e. The Kier molecular flexibility index (Phi) is 6.89. The standard InChI is InChI=1S/C10H11F3N2.ClHO4/c1-15(2)7-14-9-5-3-4-8(6-9)10(11,12)13;2-1(3,4)5/h3-7H,1-2H3;(H,2,3,4,5). The Balaban J connectivity index is 0.000000621. The third kappa shape index (κ3) is 10.5. The zero-order valence-corrected chi connectivity index (χ0v) is 11.2. The Morgan fingerprint density at radius 2 is 1.75 bits per heavy atom. The molecule has 0 saturated heterocycles. The van der Waals surface area contributed by atoms with Gasteiger partial charge in [-0.3, -0.25) is 0 Å². The molecule has 0 unspecified atom stereocenters. The van der Waals surface area contributed by atoms with Gasteiger partial charge in [-0.1, -0.05) is 6.07 Å². The van der Waals surface area contributed by atoms with Crippen molar-refractivity contribution in [2.75, 3.05) is 14.1 Å². The first-order chi connectivity index (χ1) is 8.89. The summed E-state index contributed by atoms with van der Waals surface area (Å²) in [6.07, 6.45) is -2.86. The van der Waals surface area contributed by atoms with Crippen LogP contribution in [0.2, 0.25) is 0 Å². The van der Waals surface area contributed by atoms with Crippen molar-refractivity contribution >= 4 is 12.0 Å². The number of rotatable bonds is 2. The minimum absolute atomic E-state index is 0.290. The van der Waals surface area contributed by atoms with Gasteiger partial charge in [0.05, 0.1) is 32.5 Å². The molecule has 0 bridgehead atoms. The summed E-state index contributed by atoms with van der Waals surface area (Å²) >= 11 is 0. The lowest BCUT2D eigenvalue weighted by molar-refractivity contribution is -1.92. The van der Waals surface area contributed by atoms with Crippen LogP contribution in [0.25, 0.3) is 0 Å². The van der Waals surface area contributed by atoms with Crippen LogP contribution in [0.4, 0.5) is 18.9 Å². The molecule has 0 aliphatic rings. The molecule has 0 aromatic heterocycles. The van der Waals surface area contributed by atoms with Crippen molar-refractivity contribution in [1.29, 1.82) is 0 Å². The first-order valence-corrected chi connectivity index (χ1v) is 6.17. The SMILES string of the molecule is CN(C)C=Nc1cccc(C(F)(F)F)c1.[O-][Cl+3]([O-])([O-])O. The topological polar surface area (TPSA) is 105 Å². The molecule has 0 fully saturated rings. The molecule has 0 aliphatic carbocycles. The molecule has 10 heteroatoms. The first kappa shape index (κ1) is 18.6. The van der Waals surface area contributed by atoms with E-state index >= 15 is 0 Å². The lowest BCUT2D eigenvalue weighted by atomic mass is 10.2. The maximum absolute atomic E-state index is 12.3. The predicted molar refractivity (Wildman–Crippen MR) is 55.5 cm³/mol. The van der Waals surface area contributed by atoms with Gasteiger partial charge >= 0.3 is 6.18 Å². The molecule has 20 heavy (non-hydrogen) atoms. The molecule has 0 heterocycles. The summed E-state index contributed by atoms with van der Waals surface area (Å²) in [6, 6.07) is 4.90. The molecule has 1 rings (SSSR count). The minimum Gasteiger partial charge on any atom is -0.369 e. The highest BCUT2D eigenvalue weighted by Crippen LogP contribution is 2.31. The monoisotopic (exact) mass is 316 g/mol. The number of hydrogen-bond acceptors (Lipinski definition) is 5. The summed E-state index contributed by atoms with van der Waals surface area (Å²) in [7, 11) is -1.20. The van der Waals surface area contributed by atoms with Crippen molar-refractivity contribution < 1.29 is 42.1 Å². The highest BCUT2D eigenvalue weighted by atomic mass is 35.7. The van der Waals surface area contributed by atoms with E-state index in [-0.39, 0.29) is 0 Å². The van der Waals surface area contributed by atoms with Crippen LogP contribution in [0, 0.1) is 10.2 Å². The van der Waals surface area contributed by atoms with Crippen molar-refractivity contribution in [1.82, 2.24) is 4.90 Å². The van der Waals surface area contributed by atoms with E-state index in [4.69, 9.17) is 18.6 Å². The molecule has 1 aromatic carbocycles. The van der Waals surface area contributed by atoms with Gasteiger partial charge in [-0.25, -0.2) is 4.99 Å². The van der Waals surface area contributed by atoms with E-state index < -0.39 is 22.0 Å². The van der Waals surface area contributed by atoms with Gasteiger partial charge in [-0.2, -0.15) is 27.1 Å². The van der Waals surface area contributed by atoms with Crippen molar-refractivity contribution in [3.05, 3.63) is 29.8 Å². The summed E-state index contributed by atoms with van der Waals surface area (Å²) in [5.74, 6) is 0. The Labute approximate surface area is 115 Å². The van der Waals surface area contributed by atoms with Gasteiger partial charge in [-0.15, -0.1) is 0 Å². The third-order valence-corrected chi connectivity index (χ3v) is 1.61. The molecule has 0 radical (unpaired) electrons. The Bertz CT molecular complexity index is 441. The quantitative estimate of drug-likeness (QED) is 0.545. The Morgan fingerprint density at radius 3 is 2.15 bits per heavy atom. The second kappa shape index (κ2) is 7.41.